The zero-order chi connectivity index (χ0) is 32.9. The summed E-state index contributed by atoms with van der Waals surface area (Å²) >= 11 is -4.05. The molecule has 5 unspecified atom stereocenters. The number of aliphatic carboxylic acids is 2. The number of ether oxygens (including phenoxy) is 2. The molecule has 45 heavy (non-hydrogen) atoms. The van der Waals surface area contributed by atoms with E-state index in [1.165, 1.54) is 6.07 Å². The molecular weight excluding hydrogens is 727 g/mol. The van der Waals surface area contributed by atoms with Crippen LogP contribution in [0.25, 0.3) is 22.3 Å². The number of aliphatic hydroxyl groups excluding tert-OH is 5. The third kappa shape index (κ3) is 6.21. The summed E-state index contributed by atoms with van der Waals surface area (Å²) in [5, 5.41) is 100. The van der Waals surface area contributed by atoms with Gasteiger partial charge in [-0.1, -0.05) is 0 Å². The molecule has 244 valence electrons. The van der Waals surface area contributed by atoms with Crippen LogP contribution >= 0.6 is 20.6 Å². The number of hydrogen-bond acceptors (Lipinski definition) is 16. The van der Waals surface area contributed by atoms with Gasteiger partial charge in [-0.05, 0) is 0 Å². The Kier molecular flexibility index (Phi) is 9.08. The fraction of sp³-hybridized carbons (Fsp3) is 0.346. The van der Waals surface area contributed by atoms with Crippen molar-refractivity contribution in [2.45, 2.75) is 53.1 Å². The predicted octanol–water partition coefficient (Wildman–Crippen LogP) is -1.27. The SMILES string of the molecule is O=C(O)C1O[C@@H](Oc2cc(O)c3c(=O)cc(-c4ccc(O)c(O)c4)oc3c2)C(OI2OC(C(=O)O)[C@@H](O)C(O)[C@@H]2O)C(O)[C@@H]1O. The van der Waals surface area contributed by atoms with E-state index in [0.717, 1.165) is 30.3 Å². The average molecular weight is 752 g/mol. The molecule has 2 aliphatic rings. The number of carbonyl (C=O) groups is 2. The van der Waals surface area contributed by atoms with Gasteiger partial charge in [-0.2, -0.15) is 0 Å². The maximum atomic E-state index is 12.8. The van der Waals surface area contributed by atoms with E-state index in [9.17, 15) is 65.4 Å². The summed E-state index contributed by atoms with van der Waals surface area (Å²) in [6.07, 6.45) is -16.4. The van der Waals surface area contributed by atoms with Crippen molar-refractivity contribution in [2.75, 3.05) is 0 Å². The van der Waals surface area contributed by atoms with Crippen LogP contribution in [0.1, 0.15) is 0 Å². The fourth-order valence-electron chi connectivity index (χ4n) is 4.50. The van der Waals surface area contributed by atoms with Crippen molar-refractivity contribution in [3.8, 4) is 34.3 Å². The first-order valence-electron chi connectivity index (χ1n) is 12.7. The first-order valence-corrected chi connectivity index (χ1v) is 15.7. The standard InChI is InChI=1S/C26H25IO18/c28-9-2-1-7(3-10(9)29)13-6-12(31)15-11(30)4-8(5-14(15)42-13)41-26-22(17(33)16(32)20(43-26)24(37)38)45-27-23(36)19(35)18(34)21(44-27)25(39)40/h1-6,16-23,26,28-30,32-36H,(H,37,38)(H,39,40)/t16-,17?,18-,19?,20?,21?,22?,23-,26+/m0/s1. The average Bonchev–Trinajstić information content (AvgIpc) is 2.97. The number of benzene rings is 2. The molecule has 3 aromatic rings. The van der Waals surface area contributed by atoms with Crippen LogP contribution in [0, 0.1) is 0 Å². The minimum absolute atomic E-state index is 0.108. The number of alkyl halides is 1. The van der Waals surface area contributed by atoms with Crippen LogP contribution in [-0.2, 0) is 20.5 Å². The monoisotopic (exact) mass is 752 g/mol. The molecule has 2 saturated heterocycles. The Hall–Kier alpha value is -3.80. The van der Waals surface area contributed by atoms with Gasteiger partial charge in [0, 0.05) is 0 Å². The van der Waals surface area contributed by atoms with E-state index < -0.39 is 108 Å². The number of aliphatic hydroxyl groups is 5. The quantitative estimate of drug-likeness (QED) is 0.0764. The van der Waals surface area contributed by atoms with Gasteiger partial charge in [0.2, 0.25) is 0 Å². The number of phenolic OH excluding ortho intramolecular Hbond substituents is 3. The summed E-state index contributed by atoms with van der Waals surface area (Å²) in [5.41, 5.74) is -0.859. The van der Waals surface area contributed by atoms with Crippen LogP contribution < -0.4 is 10.2 Å². The molecule has 2 aromatic carbocycles. The van der Waals surface area contributed by atoms with E-state index >= 15 is 0 Å². The summed E-state index contributed by atoms with van der Waals surface area (Å²) in [4.78, 5) is 36.1. The first-order chi connectivity index (χ1) is 21.2. The number of carboxylic acids is 2. The van der Waals surface area contributed by atoms with Gasteiger partial charge in [0.25, 0.3) is 0 Å². The van der Waals surface area contributed by atoms with E-state index in [1.54, 1.807) is 0 Å². The van der Waals surface area contributed by atoms with Crippen LogP contribution in [0.4, 0.5) is 0 Å². The Morgan fingerprint density at radius 1 is 0.778 bits per heavy atom. The number of rotatable bonds is 7. The molecule has 2 fully saturated rings. The predicted molar refractivity (Wildman–Crippen MR) is 151 cm³/mol. The van der Waals surface area contributed by atoms with Gasteiger partial charge in [-0.25, -0.2) is 0 Å². The second-order valence-electron chi connectivity index (χ2n) is 9.85. The Morgan fingerprint density at radius 3 is 2.09 bits per heavy atom. The number of carboxylic acid groups (broad SMARTS) is 2. The van der Waals surface area contributed by atoms with Crippen molar-refractivity contribution in [3.63, 3.8) is 0 Å². The van der Waals surface area contributed by atoms with Crippen LogP contribution in [0.2, 0.25) is 0 Å². The van der Waals surface area contributed by atoms with Crippen molar-refractivity contribution in [1.29, 1.82) is 0 Å². The Morgan fingerprint density at radius 2 is 1.44 bits per heavy atom. The van der Waals surface area contributed by atoms with Gasteiger partial charge in [-0.15, -0.1) is 0 Å². The number of aromatic hydroxyl groups is 3. The molecule has 0 amide bonds. The van der Waals surface area contributed by atoms with Crippen molar-refractivity contribution in [3.05, 3.63) is 46.6 Å². The van der Waals surface area contributed by atoms with E-state index in [1.807, 2.05) is 0 Å². The Balaban J connectivity index is 1.51. The number of phenols is 3. The fourth-order valence-corrected chi connectivity index (χ4v) is 8.43. The molecule has 2 aliphatic heterocycles. The molecule has 0 saturated carbocycles. The second-order valence-corrected chi connectivity index (χ2v) is 13.5. The number of halogens is 1. The Bertz CT molecular complexity index is 1680. The van der Waals surface area contributed by atoms with Gasteiger partial charge >= 0.3 is 242 Å². The van der Waals surface area contributed by atoms with Crippen molar-refractivity contribution in [1.82, 2.24) is 0 Å². The first kappa shape index (κ1) is 32.6. The summed E-state index contributed by atoms with van der Waals surface area (Å²) in [5.74, 6) is -5.56. The molecule has 0 radical (unpaired) electrons. The molecule has 10 N–H and O–H groups in total. The summed E-state index contributed by atoms with van der Waals surface area (Å²) in [6, 6.07) is 6.55. The number of fused-ring (bicyclic) bond motifs is 1. The van der Waals surface area contributed by atoms with Crippen molar-refractivity contribution in [2.24, 2.45) is 0 Å². The number of hydrogen-bond donors (Lipinski definition) is 10. The topological polar surface area (TPSA) is 304 Å². The molecular formula is C26H25IO18. The van der Waals surface area contributed by atoms with E-state index in [-0.39, 0.29) is 28.0 Å². The molecule has 19 heteroatoms. The third-order valence-electron chi connectivity index (χ3n) is 6.83. The second kappa shape index (κ2) is 12.5. The summed E-state index contributed by atoms with van der Waals surface area (Å²) in [7, 11) is 0. The van der Waals surface area contributed by atoms with Crippen LogP contribution in [-0.4, -0.2) is 116 Å². The van der Waals surface area contributed by atoms with Crippen molar-refractivity contribution < 1.29 is 80.7 Å². The molecule has 5 rings (SSSR count). The molecule has 1 aromatic heterocycles. The Labute approximate surface area is 257 Å². The van der Waals surface area contributed by atoms with Crippen LogP contribution in [0.5, 0.6) is 23.0 Å². The van der Waals surface area contributed by atoms with Gasteiger partial charge in [0.15, 0.2) is 5.75 Å². The van der Waals surface area contributed by atoms with E-state index in [0.29, 0.717) is 0 Å². The molecule has 9 atom stereocenters. The van der Waals surface area contributed by atoms with Crippen molar-refractivity contribution >= 4 is 43.6 Å². The van der Waals surface area contributed by atoms with Gasteiger partial charge < -0.3 is 10.2 Å². The van der Waals surface area contributed by atoms with Gasteiger partial charge in [0.05, 0.1) is 0 Å². The normalized spacial score (nSPS) is 31.0. The zero-order valence-corrected chi connectivity index (χ0v) is 24.4. The maximum absolute atomic E-state index is 12.8. The molecule has 18 nitrogen and oxygen atoms in total. The molecule has 0 spiro atoms. The van der Waals surface area contributed by atoms with Gasteiger partial charge in [-0.3, -0.25) is 0 Å². The molecule has 3 heterocycles. The molecule has 0 aliphatic carbocycles. The van der Waals surface area contributed by atoms with E-state index in [4.69, 9.17) is 20.0 Å². The van der Waals surface area contributed by atoms with E-state index in [2.05, 4.69) is 0 Å². The van der Waals surface area contributed by atoms with Crippen LogP contribution in [0.15, 0.2) is 45.6 Å². The molecule has 0 bridgehead atoms. The van der Waals surface area contributed by atoms with Gasteiger partial charge in [0.1, 0.15) is 0 Å². The summed E-state index contributed by atoms with van der Waals surface area (Å²) < 4.78 is 25.5. The minimum atomic E-state index is -4.05. The zero-order valence-electron chi connectivity index (χ0n) is 22.3. The third-order valence-corrected chi connectivity index (χ3v) is 10.7. The van der Waals surface area contributed by atoms with Crippen LogP contribution in [0.3, 0.4) is 0 Å². The summed E-state index contributed by atoms with van der Waals surface area (Å²) in [6.45, 7) is 0.